The van der Waals surface area contributed by atoms with Gasteiger partial charge in [0.1, 0.15) is 9.84 Å². The number of hydrogen-bond acceptors (Lipinski definition) is 3. The second-order valence-corrected chi connectivity index (χ2v) is 8.56. The normalized spacial score (nSPS) is 25.4. The van der Waals surface area contributed by atoms with Gasteiger partial charge in [-0.3, -0.25) is 0 Å². The highest BCUT2D eigenvalue weighted by Gasteiger charge is 2.31. The first kappa shape index (κ1) is 15.5. The Hall–Kier alpha value is -0.870. The summed E-state index contributed by atoms with van der Waals surface area (Å²) in [5.41, 5.74) is 8.83. The van der Waals surface area contributed by atoms with Crippen molar-refractivity contribution in [3.63, 3.8) is 0 Å². The van der Waals surface area contributed by atoms with Gasteiger partial charge in [-0.25, -0.2) is 8.42 Å². The molecular weight excluding hydrogens is 270 g/mol. The fraction of sp³-hybridized carbons (Fsp3) is 0.625. The van der Waals surface area contributed by atoms with Crippen LogP contribution in [0.2, 0.25) is 0 Å². The Morgan fingerprint density at radius 2 is 2.10 bits per heavy atom. The SMILES string of the molecule is Cc1cccc(CC(N)C2CCCC(S(C)(=O)=O)C2)c1. The summed E-state index contributed by atoms with van der Waals surface area (Å²) >= 11 is 0. The van der Waals surface area contributed by atoms with Crippen molar-refractivity contribution in [2.45, 2.75) is 50.3 Å². The maximum absolute atomic E-state index is 11.7. The summed E-state index contributed by atoms with van der Waals surface area (Å²) in [6.07, 6.45) is 5.75. The molecule has 1 aliphatic carbocycles. The lowest BCUT2D eigenvalue weighted by atomic mass is 9.81. The van der Waals surface area contributed by atoms with Gasteiger partial charge in [-0.05, 0) is 44.1 Å². The van der Waals surface area contributed by atoms with E-state index in [4.69, 9.17) is 5.73 Å². The van der Waals surface area contributed by atoms with Crippen molar-refractivity contribution in [3.8, 4) is 0 Å². The second kappa shape index (κ2) is 6.27. The summed E-state index contributed by atoms with van der Waals surface area (Å²) in [4.78, 5) is 0. The van der Waals surface area contributed by atoms with Crippen LogP contribution in [0.3, 0.4) is 0 Å². The number of rotatable bonds is 4. The Kier molecular flexibility index (Phi) is 4.86. The smallest absolute Gasteiger partial charge is 0.150 e. The monoisotopic (exact) mass is 295 g/mol. The second-order valence-electron chi connectivity index (χ2n) is 6.24. The first-order chi connectivity index (χ1) is 9.36. The zero-order chi connectivity index (χ0) is 14.8. The van der Waals surface area contributed by atoms with Gasteiger partial charge in [0.2, 0.25) is 0 Å². The molecule has 0 bridgehead atoms. The summed E-state index contributed by atoms with van der Waals surface area (Å²) in [7, 11) is -2.93. The number of aryl methyl sites for hydroxylation is 1. The minimum Gasteiger partial charge on any atom is -0.327 e. The van der Waals surface area contributed by atoms with Crippen molar-refractivity contribution in [3.05, 3.63) is 35.4 Å². The molecule has 1 aliphatic rings. The average Bonchev–Trinajstić information content (AvgIpc) is 2.38. The topological polar surface area (TPSA) is 60.2 Å². The number of nitrogens with two attached hydrogens (primary N) is 1. The van der Waals surface area contributed by atoms with Crippen LogP contribution in [0, 0.1) is 12.8 Å². The lowest BCUT2D eigenvalue weighted by Gasteiger charge is -2.32. The van der Waals surface area contributed by atoms with E-state index in [1.54, 1.807) is 0 Å². The molecule has 0 aliphatic heterocycles. The molecule has 1 aromatic rings. The Balaban J connectivity index is 2.00. The zero-order valence-electron chi connectivity index (χ0n) is 12.4. The highest BCUT2D eigenvalue weighted by Crippen LogP contribution is 2.31. The Morgan fingerprint density at radius 1 is 1.35 bits per heavy atom. The molecule has 0 spiro atoms. The van der Waals surface area contributed by atoms with Gasteiger partial charge >= 0.3 is 0 Å². The molecular formula is C16H25NO2S. The molecule has 1 aromatic carbocycles. The van der Waals surface area contributed by atoms with Crippen LogP contribution in [0.25, 0.3) is 0 Å². The summed E-state index contributed by atoms with van der Waals surface area (Å²) in [6.45, 7) is 2.08. The van der Waals surface area contributed by atoms with Crippen LogP contribution >= 0.6 is 0 Å². The quantitative estimate of drug-likeness (QED) is 0.928. The summed E-state index contributed by atoms with van der Waals surface area (Å²) in [5.74, 6) is 0.323. The number of benzene rings is 1. The Bertz CT molecular complexity index is 553. The van der Waals surface area contributed by atoms with Gasteiger partial charge in [0.25, 0.3) is 0 Å². The van der Waals surface area contributed by atoms with Gasteiger partial charge in [0.05, 0.1) is 5.25 Å². The number of hydrogen-bond donors (Lipinski definition) is 1. The molecule has 3 nitrogen and oxygen atoms in total. The lowest BCUT2D eigenvalue weighted by Crippen LogP contribution is -2.38. The van der Waals surface area contributed by atoms with E-state index in [0.29, 0.717) is 5.92 Å². The molecule has 0 saturated heterocycles. The molecule has 1 fully saturated rings. The average molecular weight is 295 g/mol. The maximum Gasteiger partial charge on any atom is 0.150 e. The molecule has 4 heteroatoms. The predicted octanol–water partition coefficient (Wildman–Crippen LogP) is 2.47. The Labute approximate surface area is 122 Å². The van der Waals surface area contributed by atoms with E-state index in [-0.39, 0.29) is 11.3 Å². The first-order valence-corrected chi connectivity index (χ1v) is 9.31. The van der Waals surface area contributed by atoms with E-state index in [1.165, 1.54) is 17.4 Å². The van der Waals surface area contributed by atoms with Crippen molar-refractivity contribution in [2.24, 2.45) is 11.7 Å². The molecule has 1 saturated carbocycles. The minimum atomic E-state index is -2.93. The molecule has 3 unspecified atom stereocenters. The molecule has 0 heterocycles. The van der Waals surface area contributed by atoms with E-state index in [1.807, 2.05) is 0 Å². The van der Waals surface area contributed by atoms with Crippen molar-refractivity contribution < 1.29 is 8.42 Å². The van der Waals surface area contributed by atoms with Crippen LogP contribution in [0.1, 0.15) is 36.8 Å². The largest absolute Gasteiger partial charge is 0.327 e. The van der Waals surface area contributed by atoms with E-state index in [0.717, 1.165) is 32.1 Å². The van der Waals surface area contributed by atoms with Crippen molar-refractivity contribution >= 4 is 9.84 Å². The van der Waals surface area contributed by atoms with Crippen LogP contribution in [-0.2, 0) is 16.3 Å². The first-order valence-electron chi connectivity index (χ1n) is 7.36. The van der Waals surface area contributed by atoms with Gasteiger partial charge in [-0.2, -0.15) is 0 Å². The highest BCUT2D eigenvalue weighted by molar-refractivity contribution is 7.91. The third kappa shape index (κ3) is 4.06. The summed E-state index contributed by atoms with van der Waals surface area (Å²) in [5, 5.41) is -0.190. The standard InChI is InChI=1S/C16H25NO2S/c1-12-5-3-6-13(9-12)10-16(17)14-7-4-8-15(11-14)20(2,18)19/h3,5-6,9,14-16H,4,7-8,10-11,17H2,1-2H3. The lowest BCUT2D eigenvalue weighted by molar-refractivity contribution is 0.304. The molecule has 2 N–H and O–H groups in total. The van der Waals surface area contributed by atoms with Gasteiger partial charge < -0.3 is 5.73 Å². The van der Waals surface area contributed by atoms with Gasteiger partial charge in [0.15, 0.2) is 0 Å². The van der Waals surface area contributed by atoms with Crippen molar-refractivity contribution in [1.82, 2.24) is 0 Å². The zero-order valence-corrected chi connectivity index (χ0v) is 13.2. The van der Waals surface area contributed by atoms with Crippen LogP contribution in [0.4, 0.5) is 0 Å². The van der Waals surface area contributed by atoms with Gasteiger partial charge in [-0.1, -0.05) is 36.2 Å². The van der Waals surface area contributed by atoms with Gasteiger partial charge in [0, 0.05) is 12.3 Å². The number of sulfone groups is 1. The maximum atomic E-state index is 11.7. The third-order valence-electron chi connectivity index (χ3n) is 4.43. The Morgan fingerprint density at radius 3 is 2.75 bits per heavy atom. The third-order valence-corrected chi connectivity index (χ3v) is 6.07. The molecule has 0 amide bonds. The van der Waals surface area contributed by atoms with Crippen LogP contribution < -0.4 is 5.73 Å². The van der Waals surface area contributed by atoms with E-state index >= 15 is 0 Å². The molecule has 112 valence electrons. The van der Waals surface area contributed by atoms with Crippen LogP contribution in [0.5, 0.6) is 0 Å². The predicted molar refractivity (Wildman–Crippen MR) is 83.4 cm³/mol. The molecule has 0 aromatic heterocycles. The molecule has 0 radical (unpaired) electrons. The van der Waals surface area contributed by atoms with Crippen molar-refractivity contribution in [2.75, 3.05) is 6.26 Å². The van der Waals surface area contributed by atoms with E-state index < -0.39 is 9.84 Å². The minimum absolute atomic E-state index is 0.0568. The van der Waals surface area contributed by atoms with Crippen molar-refractivity contribution in [1.29, 1.82) is 0 Å². The summed E-state index contributed by atoms with van der Waals surface area (Å²) < 4.78 is 23.4. The fourth-order valence-corrected chi connectivity index (χ4v) is 4.43. The molecule has 3 atom stereocenters. The van der Waals surface area contributed by atoms with Crippen LogP contribution in [0.15, 0.2) is 24.3 Å². The van der Waals surface area contributed by atoms with E-state index in [9.17, 15) is 8.42 Å². The molecule has 2 rings (SSSR count). The highest BCUT2D eigenvalue weighted by atomic mass is 32.2. The fourth-order valence-electron chi connectivity index (χ4n) is 3.24. The molecule has 20 heavy (non-hydrogen) atoms. The van der Waals surface area contributed by atoms with Crippen LogP contribution in [-0.4, -0.2) is 26.0 Å². The van der Waals surface area contributed by atoms with E-state index in [2.05, 4.69) is 31.2 Å². The van der Waals surface area contributed by atoms with Gasteiger partial charge in [-0.15, -0.1) is 0 Å². The summed E-state index contributed by atoms with van der Waals surface area (Å²) in [6, 6.07) is 8.45.